The third-order valence-electron chi connectivity index (χ3n) is 5.24. The average molecular weight is 549 g/mol. The molecular formula is C17H52N12P4. The molecular weight excluding hydrogens is 496 g/mol. The van der Waals surface area contributed by atoms with Gasteiger partial charge in [-0.15, -0.1) is 0 Å². The van der Waals surface area contributed by atoms with Crippen molar-refractivity contribution in [3.05, 3.63) is 0 Å². The predicted molar refractivity (Wildman–Crippen MR) is 154 cm³/mol. The van der Waals surface area contributed by atoms with Crippen LogP contribution < -0.4 is 5.09 Å². The first kappa shape index (κ1) is 33.8. The van der Waals surface area contributed by atoms with E-state index in [1.807, 2.05) is 7.05 Å². The topological polar surface area (TPSA) is 75.0 Å². The van der Waals surface area contributed by atoms with Crippen LogP contribution in [0, 0.1) is 0 Å². The molecule has 0 atom stereocenters. The number of hydrogen-bond acceptors (Lipinski definition) is 3. The zero-order valence-electron chi connectivity index (χ0n) is 24.2. The lowest BCUT2D eigenvalue weighted by Crippen LogP contribution is -2.31. The molecule has 0 aromatic rings. The molecule has 0 radical (unpaired) electrons. The summed E-state index contributed by atoms with van der Waals surface area (Å²) in [5.74, 6) is 0. The van der Waals surface area contributed by atoms with Crippen LogP contribution >= 0.6 is 30.9 Å². The average Bonchev–Trinajstić information content (AvgIpc) is 2.65. The monoisotopic (exact) mass is 548 g/mol. The molecule has 1 N–H and O–H groups in total. The maximum absolute atomic E-state index is 5.54. The van der Waals surface area contributed by atoms with E-state index < -0.39 is 30.9 Å². The molecule has 0 heterocycles. The molecule has 0 amide bonds. The molecule has 200 valence electrons. The Hall–Kier alpha value is 0.760. The van der Waals surface area contributed by atoms with E-state index in [1.165, 1.54) is 0 Å². The molecule has 0 saturated carbocycles. The second-order valence-electron chi connectivity index (χ2n) is 9.18. The van der Waals surface area contributed by atoms with E-state index in [-0.39, 0.29) is 0 Å². The Morgan fingerprint density at radius 2 is 0.667 bits per heavy atom. The highest BCUT2D eigenvalue weighted by Gasteiger charge is 2.36. The Morgan fingerprint density at radius 3 is 0.818 bits per heavy atom. The van der Waals surface area contributed by atoms with Crippen LogP contribution in [0.3, 0.4) is 0 Å². The SMILES string of the molecule is CNP(=NP(N=P(N(C)C)(N(C)C)N(C)C)N=P(N(C)C)(N(C)C)N(C)C)(N(C)C)N(C)C. The molecule has 12 nitrogen and oxygen atoms in total. The standard InChI is InChI=1S/C17H52N12P4/c1-18-31(22(2)3,23(4)5)19-30(20-32(24(6)7,25(8)9)26(10)11)21-33(27(12)13,28(14)15)29(16)17/h18H,1-17H3. The van der Waals surface area contributed by atoms with Gasteiger partial charge < -0.3 is 0 Å². The normalized spacial score (nSPS) is 14.4. The highest BCUT2D eigenvalue weighted by molar-refractivity contribution is 7.76. The third kappa shape index (κ3) is 6.95. The fourth-order valence-corrected chi connectivity index (χ4v) is 19.3. The lowest BCUT2D eigenvalue weighted by Gasteiger charge is -2.43. The number of hydrogen-bond donors (Lipinski definition) is 1. The summed E-state index contributed by atoms with van der Waals surface area (Å²) < 4.78 is 34.2. The fourth-order valence-electron chi connectivity index (χ4n) is 3.97. The van der Waals surface area contributed by atoms with Gasteiger partial charge in [0.1, 0.15) is 0 Å². The lowest BCUT2D eigenvalue weighted by atomic mass is 11.2. The van der Waals surface area contributed by atoms with Gasteiger partial charge in [-0.1, -0.05) is 0 Å². The van der Waals surface area contributed by atoms with Crippen molar-refractivity contribution in [3.8, 4) is 0 Å². The summed E-state index contributed by atoms with van der Waals surface area (Å²) in [7, 11) is 27.2. The van der Waals surface area contributed by atoms with Gasteiger partial charge in [-0.3, -0.25) is 42.5 Å². The summed E-state index contributed by atoms with van der Waals surface area (Å²) in [5, 5.41) is 3.53. The minimum atomic E-state index is -2.22. The van der Waals surface area contributed by atoms with E-state index in [0.29, 0.717) is 0 Å². The van der Waals surface area contributed by atoms with E-state index in [2.05, 4.69) is 155 Å². The molecule has 0 rings (SSSR count). The van der Waals surface area contributed by atoms with Gasteiger partial charge in [0, 0.05) is 0 Å². The van der Waals surface area contributed by atoms with E-state index in [9.17, 15) is 0 Å². The molecule has 16 heteroatoms. The van der Waals surface area contributed by atoms with E-state index in [1.54, 1.807) is 0 Å². The first-order valence-corrected chi connectivity index (χ1v) is 16.7. The maximum Gasteiger partial charge on any atom is 0.274 e. The Bertz CT molecular complexity index is 661. The van der Waals surface area contributed by atoms with Crippen LogP contribution in [0.4, 0.5) is 0 Å². The maximum atomic E-state index is 5.54. The summed E-state index contributed by atoms with van der Waals surface area (Å²) in [6, 6.07) is 0. The van der Waals surface area contributed by atoms with Crippen LogP contribution in [0.25, 0.3) is 0 Å². The Kier molecular flexibility index (Phi) is 13.7. The minimum Gasteiger partial charge on any atom is -0.262 e. The van der Waals surface area contributed by atoms with E-state index in [0.717, 1.165) is 0 Å². The second kappa shape index (κ2) is 13.3. The van der Waals surface area contributed by atoms with Gasteiger partial charge in [-0.05, 0) is 120 Å². The molecule has 0 fully saturated rings. The first-order valence-electron chi connectivity index (χ1n) is 10.7. The molecule has 0 unspecified atom stereocenters. The highest BCUT2D eigenvalue weighted by Crippen LogP contribution is 2.71. The second-order valence-corrected chi connectivity index (χ2v) is 22.0. The highest BCUT2D eigenvalue weighted by atomic mass is 31.2. The van der Waals surface area contributed by atoms with Gasteiger partial charge in [0.15, 0.2) is 22.5 Å². The zero-order chi connectivity index (χ0) is 26.5. The van der Waals surface area contributed by atoms with Crippen molar-refractivity contribution < 1.29 is 0 Å². The van der Waals surface area contributed by atoms with Crippen LogP contribution in [0.15, 0.2) is 13.5 Å². The van der Waals surface area contributed by atoms with Crippen LogP contribution in [0.2, 0.25) is 0 Å². The smallest absolute Gasteiger partial charge is 0.262 e. The summed E-state index contributed by atoms with van der Waals surface area (Å²) in [6.45, 7) is 0. The van der Waals surface area contributed by atoms with Crippen molar-refractivity contribution in [3.63, 3.8) is 0 Å². The first-order chi connectivity index (χ1) is 14.9. The molecule has 0 aromatic carbocycles. The van der Waals surface area contributed by atoms with Gasteiger partial charge in [0.2, 0.25) is 0 Å². The molecule has 0 aliphatic carbocycles. The van der Waals surface area contributed by atoms with Crippen LogP contribution in [0.5, 0.6) is 0 Å². The Balaban J connectivity index is 7.95. The van der Waals surface area contributed by atoms with Crippen LogP contribution in [-0.2, 0) is 0 Å². The molecule has 0 aliphatic rings. The summed E-state index contributed by atoms with van der Waals surface area (Å²) in [5.41, 5.74) is 0. The van der Waals surface area contributed by atoms with Crippen molar-refractivity contribution >= 4 is 30.9 Å². The molecule has 33 heavy (non-hydrogen) atoms. The van der Waals surface area contributed by atoms with Crippen molar-refractivity contribution in [1.82, 2.24) is 42.5 Å². The zero-order valence-corrected chi connectivity index (χ0v) is 27.8. The lowest BCUT2D eigenvalue weighted by molar-refractivity contribution is 0.474. The van der Waals surface area contributed by atoms with Gasteiger partial charge in [0.25, 0.3) is 8.37 Å². The van der Waals surface area contributed by atoms with Crippen molar-refractivity contribution in [1.29, 1.82) is 0 Å². The van der Waals surface area contributed by atoms with Crippen molar-refractivity contribution in [2.75, 3.05) is 120 Å². The number of nitrogens with zero attached hydrogens (tertiary/aromatic N) is 11. The van der Waals surface area contributed by atoms with Gasteiger partial charge >= 0.3 is 0 Å². The van der Waals surface area contributed by atoms with E-state index in [4.69, 9.17) is 13.5 Å². The molecule has 0 aromatic heterocycles. The number of nitrogens with one attached hydrogen (secondary N) is 1. The largest absolute Gasteiger partial charge is 0.274 e. The van der Waals surface area contributed by atoms with Crippen molar-refractivity contribution in [2.24, 2.45) is 13.5 Å². The summed E-state index contributed by atoms with van der Waals surface area (Å²) in [4.78, 5) is 0. The molecule has 0 saturated heterocycles. The molecule has 0 aliphatic heterocycles. The minimum absolute atomic E-state index is 1.46. The van der Waals surface area contributed by atoms with E-state index >= 15 is 0 Å². The van der Waals surface area contributed by atoms with Gasteiger partial charge in [-0.25, -0.2) is 0 Å². The van der Waals surface area contributed by atoms with Gasteiger partial charge in [0.05, 0.1) is 0 Å². The quantitative estimate of drug-likeness (QED) is 0.367. The number of rotatable bonds is 12. The summed E-state index contributed by atoms with van der Waals surface area (Å²) in [6.07, 6.45) is 0. The Morgan fingerprint density at radius 1 is 0.424 bits per heavy atom. The summed E-state index contributed by atoms with van der Waals surface area (Å²) >= 11 is 0. The third-order valence-corrected chi connectivity index (χ3v) is 19.3. The van der Waals surface area contributed by atoms with Crippen LogP contribution in [0.1, 0.15) is 0 Å². The van der Waals surface area contributed by atoms with Crippen molar-refractivity contribution in [2.45, 2.75) is 0 Å². The molecule has 0 bridgehead atoms. The Labute approximate surface area is 206 Å². The molecule has 0 spiro atoms. The fraction of sp³-hybridized carbons (Fsp3) is 1.00. The van der Waals surface area contributed by atoms with Gasteiger partial charge in [-0.2, -0.15) is 13.5 Å². The predicted octanol–water partition coefficient (Wildman–Crippen LogP) is 3.76. The van der Waals surface area contributed by atoms with Crippen LogP contribution in [-0.4, -0.2) is 157 Å².